The predicted octanol–water partition coefficient (Wildman–Crippen LogP) is 3.66. The van der Waals surface area contributed by atoms with Gasteiger partial charge in [-0.05, 0) is 24.6 Å². The zero-order valence-corrected chi connectivity index (χ0v) is 19.5. The molecular formula is C25H22F5N3O4. The molecule has 0 unspecified atom stereocenters. The first-order valence-corrected chi connectivity index (χ1v) is 11.5. The summed E-state index contributed by atoms with van der Waals surface area (Å²) >= 11 is 0. The highest BCUT2D eigenvalue weighted by Crippen LogP contribution is 2.41. The molecular weight excluding hydrogens is 501 g/mol. The molecule has 1 aromatic heterocycles. The van der Waals surface area contributed by atoms with Crippen LogP contribution in [0.25, 0.3) is 0 Å². The zero-order valence-electron chi connectivity index (χ0n) is 19.5. The number of nitrogens with zero attached hydrogens (tertiary/aromatic N) is 2. The number of alkyl halides is 3. The van der Waals surface area contributed by atoms with Gasteiger partial charge in [-0.15, -0.1) is 0 Å². The molecule has 196 valence electrons. The van der Waals surface area contributed by atoms with E-state index in [9.17, 15) is 31.5 Å². The Bertz CT molecular complexity index is 1260. The van der Waals surface area contributed by atoms with Crippen molar-refractivity contribution in [2.75, 3.05) is 20.3 Å². The van der Waals surface area contributed by atoms with Crippen molar-refractivity contribution in [1.29, 1.82) is 0 Å². The Hall–Kier alpha value is -3.54. The van der Waals surface area contributed by atoms with E-state index >= 15 is 0 Å². The second-order valence-corrected chi connectivity index (χ2v) is 9.23. The van der Waals surface area contributed by atoms with Crippen LogP contribution in [0.4, 0.5) is 22.0 Å². The van der Waals surface area contributed by atoms with Crippen molar-refractivity contribution in [3.63, 3.8) is 0 Å². The van der Waals surface area contributed by atoms with Crippen molar-refractivity contribution < 1.29 is 41.0 Å². The van der Waals surface area contributed by atoms with Crippen molar-refractivity contribution in [1.82, 2.24) is 15.2 Å². The molecule has 1 aromatic carbocycles. The van der Waals surface area contributed by atoms with Gasteiger partial charge in [0.15, 0.2) is 0 Å². The summed E-state index contributed by atoms with van der Waals surface area (Å²) in [6, 6.07) is 1.08. The molecule has 2 saturated heterocycles. The van der Waals surface area contributed by atoms with Crippen LogP contribution in [-0.2, 0) is 15.7 Å². The third-order valence-corrected chi connectivity index (χ3v) is 7.03. The minimum absolute atomic E-state index is 0.0610. The lowest BCUT2D eigenvalue weighted by Crippen LogP contribution is -2.52. The lowest BCUT2D eigenvalue weighted by Gasteiger charge is -2.37. The summed E-state index contributed by atoms with van der Waals surface area (Å²) in [4.78, 5) is 32.3. The van der Waals surface area contributed by atoms with E-state index < -0.39 is 58.8 Å². The van der Waals surface area contributed by atoms with Crippen LogP contribution in [0.2, 0.25) is 0 Å². The summed E-state index contributed by atoms with van der Waals surface area (Å²) < 4.78 is 78.5. The monoisotopic (exact) mass is 523 g/mol. The largest absolute Gasteiger partial charge is 0.481 e. The summed E-state index contributed by atoms with van der Waals surface area (Å²) in [7, 11) is 1.40. The van der Waals surface area contributed by atoms with Crippen molar-refractivity contribution >= 4 is 11.8 Å². The Kier molecular flexibility index (Phi) is 6.38. The van der Waals surface area contributed by atoms with E-state index in [0.717, 1.165) is 0 Å². The Morgan fingerprint density at radius 2 is 1.92 bits per heavy atom. The van der Waals surface area contributed by atoms with Gasteiger partial charge < -0.3 is 19.7 Å². The molecule has 1 N–H and O–H groups in total. The van der Waals surface area contributed by atoms with Crippen LogP contribution < -0.4 is 10.1 Å². The maximum atomic E-state index is 14.8. The number of halogens is 5. The summed E-state index contributed by atoms with van der Waals surface area (Å²) in [5.41, 5.74) is -1.89. The van der Waals surface area contributed by atoms with Gasteiger partial charge in [0.05, 0.1) is 38.0 Å². The number of likely N-dealkylation sites (tertiary alicyclic amines) is 1. The van der Waals surface area contributed by atoms with E-state index in [1.807, 2.05) is 6.08 Å². The highest BCUT2D eigenvalue weighted by atomic mass is 19.4. The zero-order chi connectivity index (χ0) is 26.5. The number of pyridine rings is 1. The molecule has 3 heterocycles. The Balaban J connectivity index is 1.42. The molecule has 5 rings (SSSR count). The number of carbonyl (C=O) groups excluding carboxylic acids is 2. The maximum absolute atomic E-state index is 14.8. The molecule has 2 aliphatic heterocycles. The van der Waals surface area contributed by atoms with Crippen LogP contribution in [0.1, 0.15) is 33.9 Å². The number of carbonyl (C=O) groups is 2. The first kappa shape index (κ1) is 25.1. The highest BCUT2D eigenvalue weighted by molar-refractivity contribution is 5.99. The van der Waals surface area contributed by atoms with E-state index in [2.05, 4.69) is 10.3 Å². The number of methoxy groups -OCH3 is 1. The summed E-state index contributed by atoms with van der Waals surface area (Å²) in [6.07, 6.45) is 0.316. The van der Waals surface area contributed by atoms with Crippen LogP contribution >= 0.6 is 0 Å². The number of rotatable bonds is 6. The van der Waals surface area contributed by atoms with Gasteiger partial charge >= 0.3 is 6.18 Å². The number of hydrogen-bond acceptors (Lipinski definition) is 5. The predicted molar refractivity (Wildman–Crippen MR) is 118 cm³/mol. The van der Waals surface area contributed by atoms with Crippen LogP contribution in [0, 0.1) is 23.5 Å². The SMILES string of the molecule is COc1cc(C(=O)N2[C@@H](C(=O)N[C@@H](c3cc(F)c(C(F)(F)F)cc3F)C3COC3)C[C@H]3C=C[C@H]32)ccn1. The number of hydrogen-bond donors (Lipinski definition) is 1. The molecule has 2 aromatic rings. The molecule has 3 aliphatic rings. The average Bonchev–Trinajstić information content (AvgIpc) is 3.07. The van der Waals surface area contributed by atoms with Gasteiger partial charge in [-0.25, -0.2) is 13.8 Å². The van der Waals surface area contributed by atoms with E-state index in [1.54, 1.807) is 6.08 Å². The second kappa shape index (κ2) is 9.40. The molecule has 0 radical (unpaired) electrons. The number of amides is 2. The summed E-state index contributed by atoms with van der Waals surface area (Å²) in [5, 5.41) is 2.67. The van der Waals surface area contributed by atoms with E-state index in [4.69, 9.17) is 9.47 Å². The van der Waals surface area contributed by atoms with Gasteiger partial charge in [-0.3, -0.25) is 9.59 Å². The smallest absolute Gasteiger partial charge is 0.419 e. The Morgan fingerprint density at radius 1 is 1.16 bits per heavy atom. The minimum atomic E-state index is -5.07. The maximum Gasteiger partial charge on any atom is 0.419 e. The number of fused-ring (bicyclic) bond motifs is 1. The van der Waals surface area contributed by atoms with Gasteiger partial charge in [0.25, 0.3) is 5.91 Å². The molecule has 4 atom stereocenters. The summed E-state index contributed by atoms with van der Waals surface area (Å²) in [5.74, 6) is -4.33. The van der Waals surface area contributed by atoms with Crippen LogP contribution in [0.3, 0.4) is 0 Å². The molecule has 0 saturated carbocycles. The fourth-order valence-corrected chi connectivity index (χ4v) is 4.94. The highest BCUT2D eigenvalue weighted by Gasteiger charge is 2.49. The fourth-order valence-electron chi connectivity index (χ4n) is 4.94. The summed E-state index contributed by atoms with van der Waals surface area (Å²) in [6.45, 7) is 0.202. The van der Waals surface area contributed by atoms with Gasteiger partial charge in [0.1, 0.15) is 17.7 Å². The normalized spacial score (nSPS) is 23.6. The van der Waals surface area contributed by atoms with Crippen molar-refractivity contribution in [2.45, 2.75) is 30.7 Å². The molecule has 7 nitrogen and oxygen atoms in total. The quantitative estimate of drug-likeness (QED) is 0.462. The lowest BCUT2D eigenvalue weighted by molar-refractivity contribution is -0.140. The first-order valence-electron chi connectivity index (χ1n) is 11.5. The van der Waals surface area contributed by atoms with E-state index in [0.29, 0.717) is 12.5 Å². The third kappa shape index (κ3) is 4.54. The third-order valence-electron chi connectivity index (χ3n) is 7.03. The molecule has 37 heavy (non-hydrogen) atoms. The number of ether oxygens (including phenoxy) is 2. The topological polar surface area (TPSA) is 80.8 Å². The van der Waals surface area contributed by atoms with Crippen molar-refractivity contribution in [3.8, 4) is 5.88 Å². The molecule has 12 heteroatoms. The fraction of sp³-hybridized carbons (Fsp3) is 0.400. The number of nitrogens with one attached hydrogen (secondary N) is 1. The van der Waals surface area contributed by atoms with Gasteiger partial charge in [0, 0.05) is 35.2 Å². The Morgan fingerprint density at radius 3 is 2.51 bits per heavy atom. The van der Waals surface area contributed by atoms with Crippen LogP contribution in [0.5, 0.6) is 5.88 Å². The number of aromatic nitrogens is 1. The van der Waals surface area contributed by atoms with E-state index in [1.165, 1.54) is 30.3 Å². The van der Waals surface area contributed by atoms with E-state index in [-0.39, 0.29) is 42.7 Å². The Labute approximate surface area is 208 Å². The lowest BCUT2D eigenvalue weighted by atomic mass is 9.88. The minimum Gasteiger partial charge on any atom is -0.481 e. The molecule has 0 bridgehead atoms. The van der Waals surface area contributed by atoms with Crippen LogP contribution in [-0.4, -0.2) is 54.1 Å². The van der Waals surface area contributed by atoms with Gasteiger partial charge in [-0.1, -0.05) is 12.2 Å². The van der Waals surface area contributed by atoms with Crippen molar-refractivity contribution in [2.24, 2.45) is 11.8 Å². The molecule has 2 amide bonds. The second-order valence-electron chi connectivity index (χ2n) is 9.23. The standard InChI is InChI=1S/C25H22F5N3O4/c1-36-21-7-13(4-5-31-21)24(35)33-19-3-2-12(19)6-20(33)23(34)32-22(14-10-37-11-14)15-8-18(27)16(9-17(15)26)25(28,29)30/h2-5,7-9,12,14,19-20,22H,6,10-11H2,1H3,(H,32,34)/t12-,19-,20-,22-/m1/s1. The average molecular weight is 523 g/mol. The molecule has 2 fully saturated rings. The van der Waals surface area contributed by atoms with Gasteiger partial charge in [-0.2, -0.15) is 13.2 Å². The molecule has 1 aliphatic carbocycles. The number of benzene rings is 1. The van der Waals surface area contributed by atoms with Gasteiger partial charge in [0.2, 0.25) is 11.8 Å². The van der Waals surface area contributed by atoms with Crippen molar-refractivity contribution in [3.05, 3.63) is 70.9 Å². The first-order chi connectivity index (χ1) is 17.6. The van der Waals surface area contributed by atoms with Crippen LogP contribution in [0.15, 0.2) is 42.6 Å². The molecule has 0 spiro atoms.